The minimum atomic E-state index is -1.54. The van der Waals surface area contributed by atoms with Crippen LogP contribution in [0.4, 0.5) is 0 Å². The molecular formula is C21H30O5. The van der Waals surface area contributed by atoms with E-state index in [0.717, 1.165) is 25.7 Å². The van der Waals surface area contributed by atoms with Gasteiger partial charge >= 0.3 is 0 Å². The van der Waals surface area contributed by atoms with Crippen LogP contribution in [0.15, 0.2) is 11.6 Å². The second-order valence-electron chi connectivity index (χ2n) is 9.56. The standard InChI is InChI=1S/C21H30O5/c1-19-7-5-13(23)9-12(19)3-4-14-15-6-8-21(26,17(25)11-22)20(15,2)10-16(24)18(14)19/h9,14-16,18,22,24,26H,3-8,10-11H2,1-2H3/t14-,15-,16+,18+,19?,20+,21+/m1/s1. The highest BCUT2D eigenvalue weighted by atomic mass is 16.3. The largest absolute Gasteiger partial charge is 0.393 e. The zero-order chi connectivity index (χ0) is 18.9. The van der Waals surface area contributed by atoms with E-state index in [-0.39, 0.29) is 29.0 Å². The Labute approximate surface area is 154 Å². The lowest BCUT2D eigenvalue weighted by Gasteiger charge is -2.60. The van der Waals surface area contributed by atoms with Gasteiger partial charge in [-0.3, -0.25) is 9.59 Å². The van der Waals surface area contributed by atoms with Gasteiger partial charge in [0.2, 0.25) is 0 Å². The summed E-state index contributed by atoms with van der Waals surface area (Å²) in [7, 11) is 0. The van der Waals surface area contributed by atoms with E-state index in [1.165, 1.54) is 5.57 Å². The molecule has 3 fully saturated rings. The molecule has 3 saturated carbocycles. The molecule has 3 N–H and O–H groups in total. The van der Waals surface area contributed by atoms with Gasteiger partial charge in [-0.1, -0.05) is 19.4 Å². The summed E-state index contributed by atoms with van der Waals surface area (Å²) < 4.78 is 0. The second kappa shape index (κ2) is 5.73. The minimum absolute atomic E-state index is 0.0697. The van der Waals surface area contributed by atoms with E-state index >= 15 is 0 Å². The fourth-order valence-corrected chi connectivity index (χ4v) is 7.28. The first-order valence-corrected chi connectivity index (χ1v) is 9.96. The highest BCUT2D eigenvalue weighted by molar-refractivity contribution is 5.91. The molecule has 0 heterocycles. The Morgan fingerprint density at radius 3 is 2.65 bits per heavy atom. The molecule has 0 spiro atoms. The van der Waals surface area contributed by atoms with Gasteiger partial charge in [-0.2, -0.15) is 0 Å². The number of hydrogen-bond acceptors (Lipinski definition) is 5. The smallest absolute Gasteiger partial charge is 0.190 e. The summed E-state index contributed by atoms with van der Waals surface area (Å²) in [5.74, 6) is 0.140. The van der Waals surface area contributed by atoms with Crippen LogP contribution < -0.4 is 0 Å². The third-order valence-electron chi connectivity index (χ3n) is 8.65. The summed E-state index contributed by atoms with van der Waals surface area (Å²) in [5, 5.41) is 31.7. The van der Waals surface area contributed by atoms with Crippen molar-refractivity contribution in [1.82, 2.24) is 0 Å². The van der Waals surface area contributed by atoms with Crippen molar-refractivity contribution in [1.29, 1.82) is 0 Å². The maximum Gasteiger partial charge on any atom is 0.190 e. The Bertz CT molecular complexity index is 684. The molecule has 0 aromatic carbocycles. The molecule has 0 aromatic heterocycles. The van der Waals surface area contributed by atoms with Gasteiger partial charge in [-0.15, -0.1) is 0 Å². The predicted octanol–water partition coefficient (Wildman–Crippen LogP) is 1.78. The van der Waals surface area contributed by atoms with Crippen LogP contribution in [0.2, 0.25) is 0 Å². The van der Waals surface area contributed by atoms with Crippen LogP contribution in [-0.4, -0.2) is 45.2 Å². The number of ketones is 2. The molecule has 5 nitrogen and oxygen atoms in total. The fraction of sp³-hybridized carbons (Fsp3) is 0.810. The van der Waals surface area contributed by atoms with Gasteiger partial charge in [-0.05, 0) is 67.8 Å². The molecule has 4 rings (SSSR count). The number of rotatable bonds is 2. The van der Waals surface area contributed by atoms with E-state index in [1.807, 2.05) is 6.92 Å². The first-order chi connectivity index (χ1) is 12.2. The van der Waals surface area contributed by atoms with Gasteiger partial charge in [0, 0.05) is 11.8 Å². The van der Waals surface area contributed by atoms with Gasteiger partial charge in [0.05, 0.1) is 6.10 Å². The third kappa shape index (κ3) is 2.14. The Hall–Kier alpha value is -1.04. The molecule has 1 unspecified atom stereocenters. The van der Waals surface area contributed by atoms with Gasteiger partial charge in [0.1, 0.15) is 12.2 Å². The molecule has 144 valence electrons. The number of allylic oxidation sites excluding steroid dienone is 1. The SMILES string of the molecule is CC12CCC(=O)C=C1CC[C@H]1[C@H]2[C@@H](O)C[C@@]2(C)[C@@H]1CC[C@]2(O)C(=O)CO. The van der Waals surface area contributed by atoms with Crippen molar-refractivity contribution in [3.63, 3.8) is 0 Å². The van der Waals surface area contributed by atoms with E-state index in [0.29, 0.717) is 19.3 Å². The van der Waals surface area contributed by atoms with Crippen LogP contribution in [0, 0.1) is 28.6 Å². The summed E-state index contributed by atoms with van der Waals surface area (Å²) >= 11 is 0. The number of hydrogen-bond donors (Lipinski definition) is 3. The summed E-state index contributed by atoms with van der Waals surface area (Å²) in [6, 6.07) is 0. The van der Waals surface area contributed by atoms with Crippen molar-refractivity contribution in [3.8, 4) is 0 Å². The van der Waals surface area contributed by atoms with Gasteiger partial charge in [0.15, 0.2) is 11.6 Å². The number of Topliss-reactive ketones (excluding diaryl/α,β-unsaturated/α-hetero) is 1. The summed E-state index contributed by atoms with van der Waals surface area (Å²) in [5.41, 5.74) is -1.23. The van der Waals surface area contributed by atoms with Crippen molar-refractivity contribution >= 4 is 11.6 Å². The average Bonchev–Trinajstić information content (AvgIpc) is 2.86. The Morgan fingerprint density at radius 1 is 1.23 bits per heavy atom. The number of carbonyl (C=O) groups excluding carboxylic acids is 2. The monoisotopic (exact) mass is 362 g/mol. The van der Waals surface area contributed by atoms with Crippen LogP contribution in [0.3, 0.4) is 0 Å². The number of aliphatic hydroxyl groups excluding tert-OH is 2. The molecule has 0 bridgehead atoms. The van der Waals surface area contributed by atoms with Crippen molar-refractivity contribution in [3.05, 3.63) is 11.6 Å². The zero-order valence-electron chi connectivity index (χ0n) is 15.7. The first-order valence-electron chi connectivity index (χ1n) is 9.96. The van der Waals surface area contributed by atoms with Gasteiger partial charge < -0.3 is 15.3 Å². The lowest BCUT2D eigenvalue weighted by molar-refractivity contribution is -0.182. The van der Waals surface area contributed by atoms with Crippen molar-refractivity contribution in [2.75, 3.05) is 6.61 Å². The highest BCUT2D eigenvalue weighted by Gasteiger charge is 2.68. The van der Waals surface area contributed by atoms with Crippen LogP contribution in [-0.2, 0) is 9.59 Å². The Morgan fingerprint density at radius 2 is 1.96 bits per heavy atom. The summed E-state index contributed by atoms with van der Waals surface area (Å²) in [4.78, 5) is 24.3. The molecule has 26 heavy (non-hydrogen) atoms. The molecular weight excluding hydrogens is 332 g/mol. The molecule has 0 aliphatic heterocycles. The highest BCUT2D eigenvalue weighted by Crippen LogP contribution is 2.67. The van der Waals surface area contributed by atoms with Crippen molar-refractivity contribution in [2.24, 2.45) is 28.6 Å². The van der Waals surface area contributed by atoms with Crippen LogP contribution in [0.25, 0.3) is 0 Å². The second-order valence-corrected chi connectivity index (χ2v) is 9.56. The normalized spacial score (nSPS) is 50.5. The number of fused-ring (bicyclic) bond motifs is 5. The van der Waals surface area contributed by atoms with E-state index in [9.17, 15) is 24.9 Å². The number of aliphatic hydroxyl groups is 3. The van der Waals surface area contributed by atoms with Crippen LogP contribution in [0.5, 0.6) is 0 Å². The Kier molecular flexibility index (Phi) is 4.04. The molecule has 4 aliphatic rings. The molecule has 0 radical (unpaired) electrons. The van der Waals surface area contributed by atoms with Gasteiger partial charge in [0.25, 0.3) is 0 Å². The average molecular weight is 362 g/mol. The first kappa shape index (κ1) is 18.3. The minimum Gasteiger partial charge on any atom is -0.393 e. The van der Waals surface area contributed by atoms with E-state index < -0.39 is 29.5 Å². The molecule has 0 amide bonds. The lowest BCUT2D eigenvalue weighted by atomic mass is 9.45. The van der Waals surface area contributed by atoms with Crippen molar-refractivity contribution < 1.29 is 24.9 Å². The van der Waals surface area contributed by atoms with Gasteiger partial charge in [-0.25, -0.2) is 0 Å². The quantitative estimate of drug-likeness (QED) is 0.696. The fourth-order valence-electron chi connectivity index (χ4n) is 7.28. The van der Waals surface area contributed by atoms with Crippen LogP contribution in [0.1, 0.15) is 58.8 Å². The molecule has 4 aliphatic carbocycles. The zero-order valence-corrected chi connectivity index (χ0v) is 15.7. The number of carbonyl (C=O) groups is 2. The molecule has 5 heteroatoms. The lowest BCUT2D eigenvalue weighted by Crippen LogP contribution is -2.62. The maximum absolute atomic E-state index is 12.4. The summed E-state index contributed by atoms with van der Waals surface area (Å²) in [6.45, 7) is 3.46. The summed E-state index contributed by atoms with van der Waals surface area (Å²) in [6.07, 6.45) is 5.74. The van der Waals surface area contributed by atoms with Crippen LogP contribution >= 0.6 is 0 Å². The molecule has 7 atom stereocenters. The Balaban J connectivity index is 1.74. The third-order valence-corrected chi connectivity index (χ3v) is 8.65. The molecule has 0 saturated heterocycles. The predicted molar refractivity (Wildman–Crippen MR) is 95.1 cm³/mol. The van der Waals surface area contributed by atoms with Crippen molar-refractivity contribution in [2.45, 2.75) is 70.5 Å². The van der Waals surface area contributed by atoms with E-state index in [2.05, 4.69) is 6.92 Å². The topological polar surface area (TPSA) is 94.8 Å². The van der Waals surface area contributed by atoms with E-state index in [4.69, 9.17) is 0 Å². The molecule has 0 aromatic rings. The maximum atomic E-state index is 12.4. The van der Waals surface area contributed by atoms with E-state index in [1.54, 1.807) is 6.08 Å².